The second-order valence-corrected chi connectivity index (χ2v) is 12.0. The molecule has 1 atom stereocenters. The first-order chi connectivity index (χ1) is 22.8. The summed E-state index contributed by atoms with van der Waals surface area (Å²) < 4.78 is 19.8. The van der Waals surface area contributed by atoms with E-state index in [4.69, 9.17) is 13.9 Å². The van der Waals surface area contributed by atoms with Gasteiger partial charge in [-0.2, -0.15) is 0 Å². The monoisotopic (exact) mass is 590 g/mol. The van der Waals surface area contributed by atoms with E-state index in [1.165, 1.54) is 0 Å². The summed E-state index contributed by atoms with van der Waals surface area (Å²) >= 11 is 0. The van der Waals surface area contributed by atoms with Crippen LogP contribution < -0.4 is 9.47 Å². The van der Waals surface area contributed by atoms with E-state index >= 15 is 0 Å². The van der Waals surface area contributed by atoms with Crippen LogP contribution in [0, 0.1) is 0 Å². The van der Waals surface area contributed by atoms with Crippen LogP contribution in [-0.4, -0.2) is 0 Å². The average Bonchev–Trinajstić information content (AvgIpc) is 3.50. The maximum absolute atomic E-state index is 6.81. The van der Waals surface area contributed by atoms with Gasteiger partial charge in [-0.05, 0) is 58.7 Å². The van der Waals surface area contributed by atoms with Gasteiger partial charge < -0.3 is 13.9 Å². The van der Waals surface area contributed by atoms with Crippen LogP contribution in [0.5, 0.6) is 23.0 Å². The van der Waals surface area contributed by atoms with Gasteiger partial charge in [0.05, 0.1) is 5.41 Å². The van der Waals surface area contributed by atoms with Crippen LogP contribution in [0.1, 0.15) is 22.3 Å². The third kappa shape index (κ3) is 3.43. The van der Waals surface area contributed by atoms with Crippen molar-refractivity contribution < 1.29 is 13.9 Å². The molecule has 0 saturated carbocycles. The standard InChI is InChI=1S/C43H26O3/c1-2-11-27(12-3-1)28-21-23-34-40(25-28)45-37-18-8-5-15-32(37)43(34)33-16-6-9-19-38(33)46-41-26-29(22-24-35(41)43)30-14-10-20-39-42(30)31-13-4-7-17-36(31)44-39/h1-26H. The molecule has 8 aromatic rings. The Hall–Kier alpha value is -6.06. The molecule has 0 fully saturated rings. The lowest BCUT2D eigenvalue weighted by molar-refractivity contribution is 0.399. The molecule has 2 aliphatic rings. The molecule has 3 heterocycles. The molecule has 1 unspecified atom stereocenters. The van der Waals surface area contributed by atoms with E-state index in [9.17, 15) is 0 Å². The number of ether oxygens (including phenoxy) is 2. The average molecular weight is 591 g/mol. The van der Waals surface area contributed by atoms with E-state index in [2.05, 4.69) is 121 Å². The normalized spacial score (nSPS) is 15.8. The molecule has 3 nitrogen and oxygen atoms in total. The Morgan fingerprint density at radius 3 is 1.67 bits per heavy atom. The number of hydrogen-bond donors (Lipinski definition) is 0. The summed E-state index contributed by atoms with van der Waals surface area (Å²) in [4.78, 5) is 0. The third-order valence-electron chi connectivity index (χ3n) is 9.61. The van der Waals surface area contributed by atoms with Crippen molar-refractivity contribution in [2.45, 2.75) is 5.41 Å². The molecule has 0 aliphatic carbocycles. The van der Waals surface area contributed by atoms with Gasteiger partial charge in [0.15, 0.2) is 0 Å². The van der Waals surface area contributed by atoms with Gasteiger partial charge in [-0.3, -0.25) is 0 Å². The Morgan fingerprint density at radius 2 is 0.935 bits per heavy atom. The molecule has 10 rings (SSSR count). The maximum atomic E-state index is 6.81. The highest BCUT2D eigenvalue weighted by atomic mass is 16.5. The van der Waals surface area contributed by atoms with E-state index < -0.39 is 5.41 Å². The minimum absolute atomic E-state index is 0.642. The van der Waals surface area contributed by atoms with Crippen LogP contribution in [0.15, 0.2) is 162 Å². The molecule has 0 amide bonds. The van der Waals surface area contributed by atoms with Crippen molar-refractivity contribution in [1.82, 2.24) is 0 Å². The van der Waals surface area contributed by atoms with Gasteiger partial charge in [0, 0.05) is 33.0 Å². The Kier molecular flexibility index (Phi) is 5.20. The van der Waals surface area contributed by atoms with Gasteiger partial charge in [-0.25, -0.2) is 0 Å². The molecule has 216 valence electrons. The first-order valence-corrected chi connectivity index (χ1v) is 15.6. The van der Waals surface area contributed by atoms with E-state index in [0.717, 1.165) is 89.4 Å². The second kappa shape index (κ2) is 9.47. The zero-order valence-corrected chi connectivity index (χ0v) is 24.7. The topological polar surface area (TPSA) is 31.6 Å². The van der Waals surface area contributed by atoms with Gasteiger partial charge >= 0.3 is 0 Å². The van der Waals surface area contributed by atoms with Crippen molar-refractivity contribution in [2.75, 3.05) is 0 Å². The number of para-hydroxylation sites is 3. The minimum Gasteiger partial charge on any atom is -0.457 e. The number of furan rings is 1. The van der Waals surface area contributed by atoms with E-state index in [0.29, 0.717) is 0 Å². The van der Waals surface area contributed by atoms with E-state index in [-0.39, 0.29) is 0 Å². The molecule has 3 heteroatoms. The molecule has 0 N–H and O–H groups in total. The molecule has 1 aromatic heterocycles. The van der Waals surface area contributed by atoms with Gasteiger partial charge in [-0.1, -0.05) is 121 Å². The lowest BCUT2D eigenvalue weighted by atomic mass is 9.62. The predicted molar refractivity (Wildman–Crippen MR) is 183 cm³/mol. The molecule has 7 aromatic carbocycles. The van der Waals surface area contributed by atoms with Crippen molar-refractivity contribution in [3.05, 3.63) is 180 Å². The summed E-state index contributed by atoms with van der Waals surface area (Å²) in [6.45, 7) is 0. The fourth-order valence-corrected chi connectivity index (χ4v) is 7.66. The number of rotatable bonds is 2. The van der Waals surface area contributed by atoms with Crippen molar-refractivity contribution in [1.29, 1.82) is 0 Å². The number of hydrogen-bond acceptors (Lipinski definition) is 3. The smallest absolute Gasteiger partial charge is 0.136 e. The summed E-state index contributed by atoms with van der Waals surface area (Å²) in [5.41, 5.74) is 9.96. The highest BCUT2D eigenvalue weighted by molar-refractivity contribution is 6.12. The molecule has 46 heavy (non-hydrogen) atoms. The van der Waals surface area contributed by atoms with E-state index in [1.54, 1.807) is 0 Å². The zero-order chi connectivity index (χ0) is 30.2. The maximum Gasteiger partial charge on any atom is 0.136 e. The largest absolute Gasteiger partial charge is 0.457 e. The van der Waals surface area contributed by atoms with Gasteiger partial charge in [0.25, 0.3) is 0 Å². The molecule has 0 radical (unpaired) electrons. The van der Waals surface area contributed by atoms with Crippen LogP contribution in [0.2, 0.25) is 0 Å². The second-order valence-electron chi connectivity index (χ2n) is 12.0. The van der Waals surface area contributed by atoms with E-state index in [1.807, 2.05) is 36.4 Å². The molecule has 1 spiro atoms. The predicted octanol–water partition coefficient (Wildman–Crippen LogP) is 11.5. The number of benzene rings is 7. The first-order valence-electron chi connectivity index (χ1n) is 15.6. The lowest BCUT2D eigenvalue weighted by Gasteiger charge is -2.45. The zero-order valence-electron chi connectivity index (χ0n) is 24.7. The quantitative estimate of drug-likeness (QED) is 0.201. The highest BCUT2D eigenvalue weighted by Gasteiger charge is 2.50. The van der Waals surface area contributed by atoms with Crippen LogP contribution in [0.4, 0.5) is 0 Å². The van der Waals surface area contributed by atoms with Crippen molar-refractivity contribution in [3.63, 3.8) is 0 Å². The van der Waals surface area contributed by atoms with Crippen molar-refractivity contribution >= 4 is 21.9 Å². The Morgan fingerprint density at radius 1 is 0.370 bits per heavy atom. The molecule has 0 saturated heterocycles. The van der Waals surface area contributed by atoms with Gasteiger partial charge in [0.2, 0.25) is 0 Å². The summed E-state index contributed by atoms with van der Waals surface area (Å²) in [6, 6.07) is 55.1. The van der Waals surface area contributed by atoms with Crippen LogP contribution >= 0.6 is 0 Å². The molecular formula is C43H26O3. The highest BCUT2D eigenvalue weighted by Crippen LogP contribution is 2.62. The van der Waals surface area contributed by atoms with Crippen molar-refractivity contribution in [2.24, 2.45) is 0 Å². The summed E-state index contributed by atoms with van der Waals surface area (Å²) in [5, 5.41) is 2.22. The Bertz CT molecular complexity index is 2480. The van der Waals surface area contributed by atoms with Crippen LogP contribution in [0.3, 0.4) is 0 Å². The summed E-state index contributed by atoms with van der Waals surface area (Å²) in [7, 11) is 0. The van der Waals surface area contributed by atoms with Gasteiger partial charge in [0.1, 0.15) is 34.2 Å². The fraction of sp³-hybridized carbons (Fsp3) is 0.0233. The third-order valence-corrected chi connectivity index (χ3v) is 9.61. The first kappa shape index (κ1) is 25.3. The van der Waals surface area contributed by atoms with Crippen LogP contribution in [-0.2, 0) is 5.41 Å². The SMILES string of the molecule is c1ccc(-c2ccc3c(c2)Oc2ccccc2C32c3ccccc3Oc3cc(-c4cccc5oc6ccccc6c45)ccc32)cc1. The molecular weight excluding hydrogens is 564 g/mol. The van der Waals surface area contributed by atoms with Crippen molar-refractivity contribution in [3.8, 4) is 45.3 Å². The Labute approximate surface area is 265 Å². The fourth-order valence-electron chi connectivity index (χ4n) is 7.66. The molecule has 0 bridgehead atoms. The summed E-state index contributed by atoms with van der Waals surface area (Å²) in [6.07, 6.45) is 0. The van der Waals surface area contributed by atoms with Gasteiger partial charge in [-0.15, -0.1) is 0 Å². The Balaban J connectivity index is 1.25. The minimum atomic E-state index is -0.642. The summed E-state index contributed by atoms with van der Waals surface area (Å²) in [5.74, 6) is 3.37. The number of fused-ring (bicyclic) bond motifs is 11. The molecule has 2 aliphatic heterocycles. The lowest BCUT2D eigenvalue weighted by Crippen LogP contribution is -2.36. The van der Waals surface area contributed by atoms with Crippen LogP contribution in [0.25, 0.3) is 44.2 Å².